The lowest BCUT2D eigenvalue weighted by atomic mass is 10.5. The average molecular weight is 172 g/mol. The van der Waals surface area contributed by atoms with E-state index >= 15 is 0 Å². The second-order valence-corrected chi connectivity index (χ2v) is 5.79. The van der Waals surface area contributed by atoms with Crippen LogP contribution < -0.4 is 5.50 Å². The first-order chi connectivity index (χ1) is 5.04. The molecule has 0 unspecified atom stereocenters. The maximum absolute atomic E-state index is 11.3. The summed E-state index contributed by atoms with van der Waals surface area (Å²) in [6.45, 7) is 3.20. The Balaban J connectivity index is 3.08. The Morgan fingerprint density at radius 2 is 2.09 bits per heavy atom. The van der Waals surface area contributed by atoms with Crippen LogP contribution in [-0.4, -0.2) is 19.6 Å². The first-order valence-electron chi connectivity index (χ1n) is 3.14. The van der Waals surface area contributed by atoms with Crippen molar-refractivity contribution in [2.75, 3.05) is 13.3 Å². The molecule has 0 spiro atoms. The molecule has 0 aliphatic carbocycles. The molecule has 0 fully saturated rings. The van der Waals surface area contributed by atoms with E-state index in [1.165, 1.54) is 6.07 Å². The lowest BCUT2D eigenvalue weighted by Crippen LogP contribution is -1.97. The highest BCUT2D eigenvalue weighted by Crippen LogP contribution is 2.34. The minimum absolute atomic E-state index is 0.226. The molecular weight excluding hydrogens is 163 g/mol. The molecular formula is C7H9O3P. The highest BCUT2D eigenvalue weighted by Gasteiger charge is 2.15. The number of carbonyl (C=O) groups excluding carboxylic acids is 1. The van der Waals surface area contributed by atoms with E-state index in [1.54, 1.807) is 19.4 Å². The summed E-state index contributed by atoms with van der Waals surface area (Å²) in [5.41, 5.74) is 0.402. The van der Waals surface area contributed by atoms with Crippen LogP contribution in [0.4, 0.5) is 0 Å². The Morgan fingerprint density at radius 1 is 1.45 bits per heavy atom. The van der Waals surface area contributed by atoms with Gasteiger partial charge in [-0.3, -0.25) is 4.79 Å². The van der Waals surface area contributed by atoms with Crippen molar-refractivity contribution in [3.05, 3.63) is 17.9 Å². The van der Waals surface area contributed by atoms with Gasteiger partial charge in [0.2, 0.25) is 0 Å². The topological polar surface area (TPSA) is 47.3 Å². The van der Waals surface area contributed by atoms with E-state index in [0.717, 1.165) is 0 Å². The summed E-state index contributed by atoms with van der Waals surface area (Å²) >= 11 is 0. The fourth-order valence-electron chi connectivity index (χ4n) is 0.695. The molecule has 1 rings (SSSR count). The van der Waals surface area contributed by atoms with Crippen molar-refractivity contribution in [3.8, 4) is 0 Å². The van der Waals surface area contributed by atoms with Crippen LogP contribution in [0.5, 0.6) is 0 Å². The molecule has 0 bridgehead atoms. The van der Waals surface area contributed by atoms with Crippen LogP contribution in [0.15, 0.2) is 16.5 Å². The van der Waals surface area contributed by atoms with Gasteiger partial charge in [0.1, 0.15) is 7.14 Å². The number of carbonyl (C=O) groups is 1. The van der Waals surface area contributed by atoms with Crippen LogP contribution in [0.25, 0.3) is 0 Å². The van der Waals surface area contributed by atoms with Crippen molar-refractivity contribution in [2.45, 2.75) is 0 Å². The monoisotopic (exact) mass is 172 g/mol. The molecule has 0 atom stereocenters. The molecule has 0 N–H and O–H groups in total. The van der Waals surface area contributed by atoms with Gasteiger partial charge in [0.15, 0.2) is 17.5 Å². The van der Waals surface area contributed by atoms with Gasteiger partial charge in [-0.1, -0.05) is 0 Å². The smallest absolute Gasteiger partial charge is 0.185 e. The Bertz CT molecular complexity index is 307. The van der Waals surface area contributed by atoms with Gasteiger partial charge in [-0.05, 0) is 25.5 Å². The number of furan rings is 1. The van der Waals surface area contributed by atoms with E-state index in [9.17, 15) is 9.36 Å². The molecule has 0 radical (unpaired) electrons. The molecule has 0 amide bonds. The van der Waals surface area contributed by atoms with E-state index < -0.39 is 7.14 Å². The zero-order valence-electron chi connectivity index (χ0n) is 6.40. The quantitative estimate of drug-likeness (QED) is 0.499. The zero-order chi connectivity index (χ0) is 8.48. The second-order valence-electron chi connectivity index (χ2n) is 2.64. The molecule has 11 heavy (non-hydrogen) atoms. The van der Waals surface area contributed by atoms with E-state index in [-0.39, 0.29) is 5.76 Å². The lowest BCUT2D eigenvalue weighted by molar-refractivity contribution is 0.110. The van der Waals surface area contributed by atoms with Gasteiger partial charge in [0.25, 0.3) is 0 Å². The third-order valence-corrected chi connectivity index (χ3v) is 2.56. The van der Waals surface area contributed by atoms with Gasteiger partial charge < -0.3 is 8.98 Å². The van der Waals surface area contributed by atoms with Gasteiger partial charge >= 0.3 is 0 Å². The summed E-state index contributed by atoms with van der Waals surface area (Å²) in [6, 6.07) is 3.09. The lowest BCUT2D eigenvalue weighted by Gasteiger charge is -1.99. The largest absolute Gasteiger partial charge is 0.450 e. The maximum Gasteiger partial charge on any atom is 0.185 e. The standard InChI is InChI=1S/C7H9O3P/c1-11(2,9)7-4-3-6(5-8)10-7/h3-5H,1-2H3. The Hall–Kier alpha value is -0.820. The molecule has 0 aliphatic heterocycles. The van der Waals surface area contributed by atoms with Crippen LogP contribution >= 0.6 is 7.14 Å². The van der Waals surface area contributed by atoms with Crippen LogP contribution in [0.2, 0.25) is 0 Å². The molecule has 4 heteroatoms. The average Bonchev–Trinajstić information content (AvgIpc) is 2.32. The Labute approximate surface area is 64.8 Å². The molecule has 3 nitrogen and oxygen atoms in total. The fraction of sp³-hybridized carbons (Fsp3) is 0.286. The summed E-state index contributed by atoms with van der Waals surface area (Å²) in [4.78, 5) is 10.2. The number of aldehydes is 1. The van der Waals surface area contributed by atoms with E-state index in [2.05, 4.69) is 0 Å². The summed E-state index contributed by atoms with van der Waals surface area (Å²) in [6.07, 6.45) is 0.596. The van der Waals surface area contributed by atoms with E-state index in [0.29, 0.717) is 11.8 Å². The van der Waals surface area contributed by atoms with Gasteiger partial charge in [-0.25, -0.2) is 0 Å². The van der Waals surface area contributed by atoms with Crippen molar-refractivity contribution in [3.63, 3.8) is 0 Å². The minimum atomic E-state index is -2.34. The summed E-state index contributed by atoms with van der Waals surface area (Å²) in [5, 5.41) is 0. The Morgan fingerprint density at radius 3 is 2.36 bits per heavy atom. The maximum atomic E-state index is 11.3. The van der Waals surface area contributed by atoms with Crippen molar-refractivity contribution < 1.29 is 13.8 Å². The van der Waals surface area contributed by atoms with Crippen molar-refractivity contribution >= 4 is 18.9 Å². The highest BCUT2D eigenvalue weighted by atomic mass is 31.2. The highest BCUT2D eigenvalue weighted by molar-refractivity contribution is 7.69. The molecule has 0 saturated heterocycles. The minimum Gasteiger partial charge on any atom is -0.450 e. The molecule has 0 saturated carbocycles. The Kier molecular flexibility index (Phi) is 2.01. The molecule has 1 aromatic rings. The van der Waals surface area contributed by atoms with Crippen molar-refractivity contribution in [1.29, 1.82) is 0 Å². The number of hydrogen-bond donors (Lipinski definition) is 0. The van der Waals surface area contributed by atoms with Gasteiger partial charge in [0, 0.05) is 0 Å². The predicted molar refractivity (Wildman–Crippen MR) is 43.2 cm³/mol. The van der Waals surface area contributed by atoms with Gasteiger partial charge in [-0.15, -0.1) is 0 Å². The van der Waals surface area contributed by atoms with Crippen LogP contribution in [0.3, 0.4) is 0 Å². The van der Waals surface area contributed by atoms with E-state index in [1.807, 2.05) is 0 Å². The second kappa shape index (κ2) is 2.67. The predicted octanol–water partition coefficient (Wildman–Crippen LogP) is 1.34. The summed E-state index contributed by atoms with van der Waals surface area (Å²) in [5.74, 6) is 0.226. The molecule has 0 aliphatic rings. The molecule has 0 aromatic carbocycles. The van der Waals surface area contributed by atoms with Crippen LogP contribution in [0.1, 0.15) is 10.6 Å². The number of rotatable bonds is 2. The third-order valence-electron chi connectivity index (χ3n) is 1.26. The third kappa shape index (κ3) is 1.81. The number of hydrogen-bond acceptors (Lipinski definition) is 3. The molecule has 1 heterocycles. The first-order valence-corrected chi connectivity index (χ1v) is 5.75. The van der Waals surface area contributed by atoms with E-state index in [4.69, 9.17) is 4.42 Å². The molecule has 60 valence electrons. The van der Waals surface area contributed by atoms with Gasteiger partial charge in [0.05, 0.1) is 0 Å². The van der Waals surface area contributed by atoms with Crippen molar-refractivity contribution in [1.82, 2.24) is 0 Å². The SMILES string of the molecule is CP(C)(=O)c1ccc(C=O)o1. The van der Waals surface area contributed by atoms with Gasteiger partial charge in [-0.2, -0.15) is 0 Å². The fourth-order valence-corrected chi connectivity index (χ4v) is 1.45. The zero-order valence-corrected chi connectivity index (χ0v) is 7.30. The van der Waals surface area contributed by atoms with Crippen LogP contribution in [-0.2, 0) is 4.57 Å². The van der Waals surface area contributed by atoms with Crippen LogP contribution in [0, 0.1) is 0 Å². The summed E-state index contributed by atoms with van der Waals surface area (Å²) < 4.78 is 16.3. The van der Waals surface area contributed by atoms with Crippen molar-refractivity contribution in [2.24, 2.45) is 0 Å². The normalized spacial score (nSPS) is 11.5. The molecule has 1 aromatic heterocycles. The summed E-state index contributed by atoms with van der Waals surface area (Å²) in [7, 11) is -2.34. The first kappa shape index (κ1) is 8.28.